The molecule has 0 N–H and O–H groups in total. The monoisotopic (exact) mass is 382 g/mol. The summed E-state index contributed by atoms with van der Waals surface area (Å²) in [5.74, 6) is 0.756. The molecule has 4 nitrogen and oxygen atoms in total. The normalized spacial score (nSPS) is 16.6. The lowest BCUT2D eigenvalue weighted by atomic mass is 10.1. The molecule has 1 fully saturated rings. The summed E-state index contributed by atoms with van der Waals surface area (Å²) in [6.07, 6.45) is 0.849. The number of benzene rings is 2. The van der Waals surface area contributed by atoms with Crippen LogP contribution in [0, 0.1) is 0 Å². The van der Waals surface area contributed by atoms with E-state index in [4.69, 9.17) is 0 Å². The smallest absolute Gasteiger partial charge is 0.253 e. The minimum atomic E-state index is 0.0267. The largest absolute Gasteiger partial charge is 0.339 e. The lowest BCUT2D eigenvalue weighted by molar-refractivity contribution is -0.128. The summed E-state index contributed by atoms with van der Waals surface area (Å²) in [6, 6.07) is 18.0. The molecule has 0 aliphatic carbocycles. The molecule has 0 aromatic heterocycles. The second kappa shape index (κ2) is 9.09. The number of nitrogens with zero attached hydrogens (tertiary/aromatic N) is 2. The fourth-order valence-electron chi connectivity index (χ4n) is 3.35. The molecule has 0 bridgehead atoms. The molecule has 1 aliphatic heterocycles. The van der Waals surface area contributed by atoms with E-state index in [1.165, 1.54) is 5.56 Å². The summed E-state index contributed by atoms with van der Waals surface area (Å²) in [4.78, 5) is 28.6. The van der Waals surface area contributed by atoms with Gasteiger partial charge in [-0.3, -0.25) is 9.59 Å². The van der Waals surface area contributed by atoms with Crippen molar-refractivity contribution in [3.63, 3.8) is 0 Å². The zero-order valence-corrected chi connectivity index (χ0v) is 16.7. The zero-order chi connectivity index (χ0) is 19.2. The third-order valence-electron chi connectivity index (χ3n) is 4.95. The molecule has 2 aromatic rings. The summed E-state index contributed by atoms with van der Waals surface area (Å²) in [5.41, 5.74) is 3.02. The maximum absolute atomic E-state index is 12.5. The maximum Gasteiger partial charge on any atom is 0.253 e. The standard InChI is InChI=1S/C22H26N2O2S/c1-3-23(4-2)21(26)18-10-12-19(13-11-18)22-24(20(25)16-27-22)15-14-17-8-6-5-7-9-17/h5-13,22H,3-4,14-16H2,1-2H3/t22-/m0/s1. The van der Waals surface area contributed by atoms with Crippen LogP contribution < -0.4 is 0 Å². The van der Waals surface area contributed by atoms with Gasteiger partial charge in [-0.2, -0.15) is 0 Å². The second-order valence-electron chi connectivity index (χ2n) is 6.59. The van der Waals surface area contributed by atoms with Gasteiger partial charge in [-0.05, 0) is 43.5 Å². The van der Waals surface area contributed by atoms with E-state index in [2.05, 4.69) is 12.1 Å². The number of carbonyl (C=O) groups excluding carboxylic acids is 2. The minimum absolute atomic E-state index is 0.0267. The molecule has 1 aliphatic rings. The van der Waals surface area contributed by atoms with Crippen LogP contribution in [0.15, 0.2) is 54.6 Å². The minimum Gasteiger partial charge on any atom is -0.339 e. The summed E-state index contributed by atoms with van der Waals surface area (Å²) < 4.78 is 0. The fourth-order valence-corrected chi connectivity index (χ4v) is 4.57. The molecular weight excluding hydrogens is 356 g/mol. The first-order valence-corrected chi connectivity index (χ1v) is 10.5. The predicted molar refractivity (Wildman–Crippen MR) is 111 cm³/mol. The molecule has 0 unspecified atom stereocenters. The molecule has 1 atom stereocenters. The van der Waals surface area contributed by atoms with Gasteiger partial charge in [0.2, 0.25) is 5.91 Å². The van der Waals surface area contributed by atoms with Crippen molar-refractivity contribution in [3.8, 4) is 0 Å². The Balaban J connectivity index is 1.70. The Morgan fingerprint density at radius 1 is 1.07 bits per heavy atom. The van der Waals surface area contributed by atoms with E-state index in [9.17, 15) is 9.59 Å². The van der Waals surface area contributed by atoms with Crippen LogP contribution >= 0.6 is 11.8 Å². The van der Waals surface area contributed by atoms with Crippen molar-refractivity contribution in [1.29, 1.82) is 0 Å². The molecule has 0 spiro atoms. The molecule has 1 heterocycles. The zero-order valence-electron chi connectivity index (χ0n) is 15.9. The highest BCUT2D eigenvalue weighted by molar-refractivity contribution is 8.00. The number of carbonyl (C=O) groups is 2. The van der Waals surface area contributed by atoms with E-state index >= 15 is 0 Å². The van der Waals surface area contributed by atoms with Crippen LogP contribution in [0.1, 0.15) is 40.7 Å². The van der Waals surface area contributed by atoms with E-state index in [1.54, 1.807) is 11.8 Å². The molecule has 2 aromatic carbocycles. The van der Waals surface area contributed by atoms with E-state index in [-0.39, 0.29) is 17.2 Å². The van der Waals surface area contributed by atoms with E-state index in [1.807, 2.05) is 66.1 Å². The number of amides is 2. The van der Waals surface area contributed by atoms with Gasteiger partial charge in [0.1, 0.15) is 5.37 Å². The SMILES string of the molecule is CCN(CC)C(=O)c1ccc([C@@H]2SCC(=O)N2CCc2ccccc2)cc1. The molecule has 2 amide bonds. The third kappa shape index (κ3) is 4.53. The van der Waals surface area contributed by atoms with Gasteiger partial charge in [-0.25, -0.2) is 0 Å². The first-order chi connectivity index (χ1) is 13.1. The first-order valence-electron chi connectivity index (χ1n) is 9.48. The van der Waals surface area contributed by atoms with Crippen LogP contribution in [0.5, 0.6) is 0 Å². The lowest BCUT2D eigenvalue weighted by Gasteiger charge is -2.25. The van der Waals surface area contributed by atoms with E-state index < -0.39 is 0 Å². The highest BCUT2D eigenvalue weighted by atomic mass is 32.2. The molecule has 1 saturated heterocycles. The highest BCUT2D eigenvalue weighted by Gasteiger charge is 2.32. The fraction of sp³-hybridized carbons (Fsp3) is 0.364. The van der Waals surface area contributed by atoms with Gasteiger partial charge in [0.05, 0.1) is 5.75 Å². The predicted octanol–water partition coefficient (Wildman–Crippen LogP) is 3.99. The van der Waals surface area contributed by atoms with Crippen LogP contribution in [-0.4, -0.2) is 47.0 Å². The van der Waals surface area contributed by atoms with Crippen LogP contribution in [-0.2, 0) is 11.2 Å². The lowest BCUT2D eigenvalue weighted by Crippen LogP contribution is -2.31. The van der Waals surface area contributed by atoms with Crippen LogP contribution in [0.25, 0.3) is 0 Å². The van der Waals surface area contributed by atoms with Crippen molar-refractivity contribution >= 4 is 23.6 Å². The van der Waals surface area contributed by atoms with Crippen LogP contribution in [0.4, 0.5) is 0 Å². The molecule has 3 rings (SSSR count). The Kier molecular flexibility index (Phi) is 6.56. The molecule has 0 radical (unpaired) electrons. The van der Waals surface area contributed by atoms with E-state index in [0.717, 1.165) is 12.0 Å². The Morgan fingerprint density at radius 3 is 2.37 bits per heavy atom. The summed E-state index contributed by atoms with van der Waals surface area (Å²) in [6.45, 7) is 6.09. The number of hydrogen-bond acceptors (Lipinski definition) is 3. The van der Waals surface area contributed by atoms with Gasteiger partial charge >= 0.3 is 0 Å². The molecule has 5 heteroatoms. The second-order valence-corrected chi connectivity index (χ2v) is 7.65. The van der Waals surface area contributed by atoms with Crippen LogP contribution in [0.2, 0.25) is 0 Å². The van der Waals surface area contributed by atoms with Gasteiger partial charge in [-0.1, -0.05) is 42.5 Å². The van der Waals surface area contributed by atoms with E-state index in [0.29, 0.717) is 31.0 Å². The van der Waals surface area contributed by atoms with Crippen molar-refractivity contribution < 1.29 is 9.59 Å². The summed E-state index contributed by atoms with van der Waals surface area (Å²) in [7, 11) is 0. The average molecular weight is 383 g/mol. The van der Waals surface area contributed by atoms with Gasteiger partial charge in [0, 0.05) is 25.2 Å². The van der Waals surface area contributed by atoms with Gasteiger partial charge in [-0.15, -0.1) is 11.8 Å². The average Bonchev–Trinajstić information content (AvgIpc) is 3.08. The Morgan fingerprint density at radius 2 is 1.74 bits per heavy atom. The summed E-state index contributed by atoms with van der Waals surface area (Å²) in [5, 5.41) is 0.0267. The number of rotatable bonds is 7. The van der Waals surface area contributed by atoms with Crippen molar-refractivity contribution in [2.45, 2.75) is 25.6 Å². The molecule has 0 saturated carbocycles. The molecule has 27 heavy (non-hydrogen) atoms. The Labute approximate surface area is 165 Å². The summed E-state index contributed by atoms with van der Waals surface area (Å²) >= 11 is 1.66. The van der Waals surface area contributed by atoms with Crippen molar-refractivity contribution in [1.82, 2.24) is 9.80 Å². The third-order valence-corrected chi connectivity index (χ3v) is 6.20. The van der Waals surface area contributed by atoms with Gasteiger partial charge in [0.25, 0.3) is 5.91 Å². The van der Waals surface area contributed by atoms with Crippen molar-refractivity contribution in [2.24, 2.45) is 0 Å². The quantitative estimate of drug-likeness (QED) is 0.727. The van der Waals surface area contributed by atoms with Crippen molar-refractivity contribution in [3.05, 3.63) is 71.3 Å². The van der Waals surface area contributed by atoms with Crippen molar-refractivity contribution in [2.75, 3.05) is 25.4 Å². The Bertz CT molecular complexity index is 773. The first kappa shape index (κ1) is 19.5. The van der Waals surface area contributed by atoms with Crippen LogP contribution in [0.3, 0.4) is 0 Å². The molecular formula is C22H26N2O2S. The highest BCUT2D eigenvalue weighted by Crippen LogP contribution is 2.38. The number of thioether (sulfide) groups is 1. The van der Waals surface area contributed by atoms with Gasteiger partial charge in [0.15, 0.2) is 0 Å². The topological polar surface area (TPSA) is 40.6 Å². The Hall–Kier alpha value is -2.27. The maximum atomic E-state index is 12.5. The van der Waals surface area contributed by atoms with Gasteiger partial charge < -0.3 is 9.80 Å². The number of hydrogen-bond donors (Lipinski definition) is 0. The molecule has 142 valence electrons.